The topological polar surface area (TPSA) is 43.9 Å². The predicted molar refractivity (Wildman–Crippen MR) is 205 cm³/mol. The molecule has 4 nitrogen and oxygen atoms in total. The Labute approximate surface area is 288 Å². The van der Waals surface area contributed by atoms with E-state index in [4.69, 9.17) is 14.4 Å². The van der Waals surface area contributed by atoms with Crippen LogP contribution in [0.2, 0.25) is 0 Å². The third-order valence-corrected chi connectivity index (χ3v) is 9.64. The van der Waals surface area contributed by atoms with E-state index in [-0.39, 0.29) is 0 Å². The second kappa shape index (κ2) is 11.4. The minimum absolute atomic E-state index is 0.677. The third kappa shape index (κ3) is 4.54. The van der Waals surface area contributed by atoms with Gasteiger partial charge in [0.15, 0.2) is 11.4 Å². The molecule has 0 saturated carbocycles. The van der Waals surface area contributed by atoms with Crippen LogP contribution in [0.3, 0.4) is 0 Å². The lowest BCUT2D eigenvalue weighted by atomic mass is 10.0. The van der Waals surface area contributed by atoms with Crippen LogP contribution in [0.15, 0.2) is 180 Å². The maximum Gasteiger partial charge on any atom is 0.180 e. The summed E-state index contributed by atoms with van der Waals surface area (Å²) in [4.78, 5) is 10.1. The Kier molecular flexibility index (Phi) is 6.46. The summed E-state index contributed by atoms with van der Waals surface area (Å²) >= 11 is 0. The van der Waals surface area contributed by atoms with E-state index >= 15 is 0 Å². The highest BCUT2D eigenvalue weighted by atomic mass is 16.3. The van der Waals surface area contributed by atoms with E-state index in [0.29, 0.717) is 11.4 Å². The number of furan rings is 1. The number of hydrogen-bond acceptors (Lipinski definition) is 3. The van der Waals surface area contributed by atoms with Crippen molar-refractivity contribution >= 4 is 43.9 Å². The summed E-state index contributed by atoms with van der Waals surface area (Å²) in [5, 5.41) is 3.44. The van der Waals surface area contributed by atoms with Gasteiger partial charge in [-0.2, -0.15) is 0 Å². The zero-order valence-corrected chi connectivity index (χ0v) is 27.0. The van der Waals surface area contributed by atoms with Gasteiger partial charge in [0.2, 0.25) is 0 Å². The minimum atomic E-state index is 0.677. The van der Waals surface area contributed by atoms with Gasteiger partial charge in [-0.1, -0.05) is 140 Å². The third-order valence-electron chi connectivity index (χ3n) is 9.64. The van der Waals surface area contributed by atoms with Gasteiger partial charge in [-0.05, 0) is 53.1 Å². The van der Waals surface area contributed by atoms with Crippen LogP contribution >= 0.6 is 0 Å². The van der Waals surface area contributed by atoms with Gasteiger partial charge < -0.3 is 8.98 Å². The molecule has 3 heterocycles. The molecule has 0 aliphatic rings. The molecule has 7 aromatic carbocycles. The van der Waals surface area contributed by atoms with Crippen LogP contribution in [0.1, 0.15) is 0 Å². The van der Waals surface area contributed by atoms with Crippen molar-refractivity contribution in [2.45, 2.75) is 0 Å². The van der Waals surface area contributed by atoms with E-state index in [1.54, 1.807) is 0 Å². The Morgan fingerprint density at radius 2 is 1.02 bits per heavy atom. The Morgan fingerprint density at radius 3 is 1.78 bits per heavy atom. The predicted octanol–water partition coefficient (Wildman–Crippen LogP) is 12.1. The van der Waals surface area contributed by atoms with E-state index < -0.39 is 0 Å². The highest BCUT2D eigenvalue weighted by molar-refractivity contribution is 6.12. The number of hydrogen-bond donors (Lipinski definition) is 0. The van der Waals surface area contributed by atoms with E-state index in [0.717, 1.165) is 50.1 Å². The zero-order valence-electron chi connectivity index (χ0n) is 27.0. The van der Waals surface area contributed by atoms with Crippen LogP contribution < -0.4 is 0 Å². The number of rotatable bonds is 5. The average molecular weight is 640 g/mol. The first-order chi connectivity index (χ1) is 24.8. The molecule has 4 heteroatoms. The summed E-state index contributed by atoms with van der Waals surface area (Å²) in [6.07, 6.45) is 0. The Balaban J connectivity index is 1.12. The largest absolute Gasteiger partial charge is 0.451 e. The van der Waals surface area contributed by atoms with Crippen molar-refractivity contribution in [2.75, 3.05) is 0 Å². The summed E-state index contributed by atoms with van der Waals surface area (Å²) < 4.78 is 9.11. The van der Waals surface area contributed by atoms with Crippen molar-refractivity contribution in [1.82, 2.24) is 14.5 Å². The summed E-state index contributed by atoms with van der Waals surface area (Å²) in [7, 11) is 0. The number of aromatic nitrogens is 3. The van der Waals surface area contributed by atoms with Crippen LogP contribution in [-0.4, -0.2) is 14.5 Å². The van der Waals surface area contributed by atoms with Crippen LogP contribution in [0, 0.1) is 0 Å². The number of fused-ring (bicyclic) bond motifs is 6. The van der Waals surface area contributed by atoms with Gasteiger partial charge in [0.05, 0.1) is 11.0 Å². The van der Waals surface area contributed by atoms with Crippen molar-refractivity contribution in [2.24, 2.45) is 0 Å². The lowest BCUT2D eigenvalue weighted by Gasteiger charge is -2.10. The molecule has 0 bridgehead atoms. The van der Waals surface area contributed by atoms with Gasteiger partial charge in [-0.15, -0.1) is 0 Å². The Hall–Kier alpha value is -6.78. The summed E-state index contributed by atoms with van der Waals surface area (Å²) in [5.41, 5.74) is 13.0. The number of nitrogens with zero attached hydrogens (tertiary/aromatic N) is 3. The van der Waals surface area contributed by atoms with Crippen LogP contribution in [0.4, 0.5) is 0 Å². The smallest absolute Gasteiger partial charge is 0.180 e. The first-order valence-corrected chi connectivity index (χ1v) is 16.8. The van der Waals surface area contributed by atoms with Crippen LogP contribution in [0.25, 0.3) is 94.5 Å². The molecule has 0 radical (unpaired) electrons. The van der Waals surface area contributed by atoms with E-state index in [1.807, 2.05) is 48.5 Å². The summed E-state index contributed by atoms with van der Waals surface area (Å²) in [6.45, 7) is 0. The van der Waals surface area contributed by atoms with Crippen molar-refractivity contribution in [3.63, 3.8) is 0 Å². The molecule has 0 saturated heterocycles. The number of para-hydroxylation sites is 2. The SMILES string of the molecule is c1ccc(-c2ccc3c(c2)c2ccccc2n3-c2ccc(-c3cccc4c3oc3c(-c5ccccc5)nc(-c5ccccc5)nc34)cc2)cc1. The molecular weight excluding hydrogens is 611 g/mol. The van der Waals surface area contributed by atoms with Gasteiger partial charge in [-0.3, -0.25) is 0 Å². The Morgan fingerprint density at radius 1 is 0.400 bits per heavy atom. The lowest BCUT2D eigenvalue weighted by Crippen LogP contribution is -1.93. The first kappa shape index (κ1) is 28.3. The lowest BCUT2D eigenvalue weighted by molar-refractivity contribution is 0.668. The first-order valence-electron chi connectivity index (χ1n) is 16.8. The fourth-order valence-corrected chi connectivity index (χ4v) is 7.25. The summed E-state index contributed by atoms with van der Waals surface area (Å²) in [5.74, 6) is 0.677. The van der Waals surface area contributed by atoms with E-state index in [9.17, 15) is 0 Å². The molecule has 0 amide bonds. The molecule has 0 atom stereocenters. The molecule has 0 aliphatic carbocycles. The molecule has 50 heavy (non-hydrogen) atoms. The van der Waals surface area contributed by atoms with Gasteiger partial charge in [0, 0.05) is 38.5 Å². The second-order valence-corrected chi connectivity index (χ2v) is 12.6. The van der Waals surface area contributed by atoms with E-state index in [2.05, 4.69) is 132 Å². The molecule has 0 N–H and O–H groups in total. The quantitative estimate of drug-likeness (QED) is 0.188. The minimum Gasteiger partial charge on any atom is -0.451 e. The second-order valence-electron chi connectivity index (χ2n) is 12.6. The standard InChI is InChI=1S/C46H29N3O/c1-4-13-30(14-5-1)34-25-28-41-39(29-34)37-19-10-11-22-40(37)49(41)35-26-23-31(24-27-35)36-20-12-21-38-43-45(50-44(36)38)42(32-15-6-2-7-16-32)47-46(48-43)33-17-8-3-9-18-33/h1-29H. The fraction of sp³-hybridized carbons (Fsp3) is 0. The van der Waals surface area contributed by atoms with Gasteiger partial charge in [0.25, 0.3) is 0 Å². The highest BCUT2D eigenvalue weighted by Gasteiger charge is 2.20. The van der Waals surface area contributed by atoms with Crippen molar-refractivity contribution < 1.29 is 4.42 Å². The van der Waals surface area contributed by atoms with Crippen molar-refractivity contribution in [1.29, 1.82) is 0 Å². The Bertz CT molecular complexity index is 2840. The molecule has 3 aromatic heterocycles. The average Bonchev–Trinajstić information content (AvgIpc) is 3.74. The molecule has 0 aliphatic heterocycles. The number of benzene rings is 7. The monoisotopic (exact) mass is 639 g/mol. The van der Waals surface area contributed by atoms with Gasteiger partial charge >= 0.3 is 0 Å². The molecule has 0 spiro atoms. The molecule has 0 fully saturated rings. The highest BCUT2D eigenvalue weighted by Crippen LogP contribution is 2.40. The maximum atomic E-state index is 6.75. The molecular formula is C46H29N3O. The van der Waals surface area contributed by atoms with E-state index in [1.165, 1.54) is 32.9 Å². The van der Waals surface area contributed by atoms with Crippen LogP contribution in [0.5, 0.6) is 0 Å². The molecule has 10 rings (SSSR count). The maximum absolute atomic E-state index is 6.75. The fourth-order valence-electron chi connectivity index (χ4n) is 7.25. The zero-order chi connectivity index (χ0) is 33.0. The van der Waals surface area contributed by atoms with Gasteiger partial charge in [-0.25, -0.2) is 9.97 Å². The van der Waals surface area contributed by atoms with Crippen molar-refractivity contribution in [3.05, 3.63) is 176 Å². The molecule has 10 aromatic rings. The molecule has 234 valence electrons. The van der Waals surface area contributed by atoms with Crippen molar-refractivity contribution in [3.8, 4) is 50.6 Å². The van der Waals surface area contributed by atoms with Crippen LogP contribution in [-0.2, 0) is 0 Å². The van der Waals surface area contributed by atoms with Gasteiger partial charge in [0.1, 0.15) is 16.8 Å². The normalized spacial score (nSPS) is 11.6. The molecule has 0 unspecified atom stereocenters. The summed E-state index contributed by atoms with van der Waals surface area (Å²) in [6, 6.07) is 61.4.